The second-order valence-corrected chi connectivity index (χ2v) is 5.79. The smallest absolute Gasteiger partial charge is 0.210 e. The maximum Gasteiger partial charge on any atom is 0.241 e. The molecule has 2 aromatic rings. The maximum absolute atomic E-state index is 12.3. The number of nitrogens with one attached hydrogen (secondary N) is 1. The van der Waals surface area contributed by atoms with Crippen LogP contribution in [0.3, 0.4) is 0 Å². The molecule has 0 fully saturated rings. The summed E-state index contributed by atoms with van der Waals surface area (Å²) in [6.07, 6.45) is 0.514. The molecule has 0 aromatic heterocycles. The van der Waals surface area contributed by atoms with E-state index < -0.39 is 10.0 Å². The monoisotopic (exact) mass is 273 g/mol. The van der Waals surface area contributed by atoms with E-state index in [2.05, 4.69) is 16.6 Å². The van der Waals surface area contributed by atoms with E-state index in [0.717, 1.165) is 10.8 Å². The van der Waals surface area contributed by atoms with E-state index in [1.165, 1.54) is 0 Å². The van der Waals surface area contributed by atoms with Crippen molar-refractivity contribution in [3.05, 3.63) is 42.5 Å². The average Bonchev–Trinajstić information content (AvgIpc) is 2.43. The lowest BCUT2D eigenvalue weighted by Crippen LogP contribution is -2.24. The molecule has 4 heteroatoms. The molecule has 3 nitrogen and oxygen atoms in total. The zero-order valence-corrected chi connectivity index (χ0v) is 11.5. The van der Waals surface area contributed by atoms with E-state index in [-0.39, 0.29) is 0 Å². The van der Waals surface area contributed by atoms with Crippen LogP contribution in [0.15, 0.2) is 47.4 Å². The van der Waals surface area contributed by atoms with Gasteiger partial charge in [-0.2, -0.15) is 0 Å². The number of hydrogen-bond donors (Lipinski definition) is 1. The van der Waals surface area contributed by atoms with Crippen LogP contribution in [0.2, 0.25) is 0 Å². The quantitative estimate of drug-likeness (QED) is 0.687. The van der Waals surface area contributed by atoms with Gasteiger partial charge in [0, 0.05) is 18.4 Å². The highest BCUT2D eigenvalue weighted by molar-refractivity contribution is 7.89. The normalized spacial score (nSPS) is 11.0. The van der Waals surface area contributed by atoms with Crippen LogP contribution in [0, 0.1) is 11.8 Å². The van der Waals surface area contributed by atoms with E-state index in [1.807, 2.05) is 30.3 Å². The van der Waals surface area contributed by atoms with E-state index in [1.54, 1.807) is 19.1 Å². The molecule has 0 atom stereocenters. The van der Waals surface area contributed by atoms with Crippen molar-refractivity contribution in [1.29, 1.82) is 0 Å². The number of rotatable bonds is 4. The van der Waals surface area contributed by atoms with Gasteiger partial charge in [0.05, 0.1) is 4.90 Å². The van der Waals surface area contributed by atoms with Gasteiger partial charge in [-0.05, 0) is 18.4 Å². The summed E-state index contributed by atoms with van der Waals surface area (Å²) in [7, 11) is -3.49. The van der Waals surface area contributed by atoms with Gasteiger partial charge in [0.2, 0.25) is 10.0 Å². The van der Waals surface area contributed by atoms with Crippen molar-refractivity contribution in [1.82, 2.24) is 4.72 Å². The zero-order valence-electron chi connectivity index (χ0n) is 10.7. The minimum absolute atomic E-state index is 0.315. The summed E-state index contributed by atoms with van der Waals surface area (Å²) in [6, 6.07) is 12.7. The van der Waals surface area contributed by atoms with Gasteiger partial charge in [0.1, 0.15) is 0 Å². The molecule has 0 heterocycles. The van der Waals surface area contributed by atoms with Gasteiger partial charge in [0.25, 0.3) is 0 Å². The Morgan fingerprint density at radius 1 is 1.11 bits per heavy atom. The number of fused-ring (bicyclic) bond motifs is 1. The van der Waals surface area contributed by atoms with Crippen molar-refractivity contribution >= 4 is 20.8 Å². The van der Waals surface area contributed by atoms with Crippen molar-refractivity contribution in [3.8, 4) is 11.8 Å². The summed E-state index contributed by atoms with van der Waals surface area (Å²) in [5, 5.41) is 1.65. The first kappa shape index (κ1) is 13.6. The summed E-state index contributed by atoms with van der Waals surface area (Å²) in [5.41, 5.74) is 0. The Morgan fingerprint density at radius 3 is 2.63 bits per heavy atom. The first-order chi connectivity index (χ1) is 9.15. The average molecular weight is 273 g/mol. The van der Waals surface area contributed by atoms with Gasteiger partial charge >= 0.3 is 0 Å². The molecule has 2 rings (SSSR count). The standard InChI is InChI=1S/C15H15NO2S/c1-2-3-6-12-16-19(17,18)15-11-7-9-13-8-4-5-10-14(13)15/h4-5,7-11,16H,6,12H2,1H3. The summed E-state index contributed by atoms with van der Waals surface area (Å²) in [4.78, 5) is 0.315. The molecule has 0 radical (unpaired) electrons. The molecule has 0 aliphatic rings. The third-order valence-electron chi connectivity index (χ3n) is 2.76. The molecule has 0 unspecified atom stereocenters. The summed E-state index contributed by atoms with van der Waals surface area (Å²) in [6.45, 7) is 2.06. The Balaban J connectivity index is 2.34. The van der Waals surface area contributed by atoms with Gasteiger partial charge in [-0.25, -0.2) is 13.1 Å². The highest BCUT2D eigenvalue weighted by Crippen LogP contribution is 2.22. The van der Waals surface area contributed by atoms with E-state index in [4.69, 9.17) is 0 Å². The van der Waals surface area contributed by atoms with Crippen LogP contribution in [0.1, 0.15) is 13.3 Å². The molecule has 19 heavy (non-hydrogen) atoms. The van der Waals surface area contributed by atoms with Crippen LogP contribution < -0.4 is 4.72 Å². The molecule has 0 aliphatic heterocycles. The highest BCUT2D eigenvalue weighted by Gasteiger charge is 2.15. The minimum atomic E-state index is -3.49. The second-order valence-electron chi connectivity index (χ2n) is 4.05. The molecular weight excluding hydrogens is 258 g/mol. The lowest BCUT2D eigenvalue weighted by molar-refractivity contribution is 0.583. The first-order valence-corrected chi connectivity index (χ1v) is 7.50. The first-order valence-electron chi connectivity index (χ1n) is 6.02. The molecular formula is C15H15NO2S. The van der Waals surface area contributed by atoms with Crippen LogP contribution in [0.5, 0.6) is 0 Å². The topological polar surface area (TPSA) is 46.2 Å². The van der Waals surface area contributed by atoms with Crippen LogP contribution in [-0.4, -0.2) is 15.0 Å². The molecule has 2 aromatic carbocycles. The van der Waals surface area contributed by atoms with Gasteiger partial charge in [-0.1, -0.05) is 36.4 Å². The molecule has 0 spiro atoms. The van der Waals surface area contributed by atoms with E-state index in [0.29, 0.717) is 17.9 Å². The van der Waals surface area contributed by atoms with Crippen molar-refractivity contribution < 1.29 is 8.42 Å². The fourth-order valence-corrected chi connectivity index (χ4v) is 3.14. The maximum atomic E-state index is 12.3. The van der Waals surface area contributed by atoms with Crippen LogP contribution in [0.25, 0.3) is 10.8 Å². The SMILES string of the molecule is CC#CCCNS(=O)(=O)c1cccc2ccccc12. The molecule has 0 amide bonds. The van der Waals surface area contributed by atoms with Gasteiger partial charge in [-0.3, -0.25) is 0 Å². The fraction of sp³-hybridized carbons (Fsp3) is 0.200. The summed E-state index contributed by atoms with van der Waals surface area (Å²) in [5.74, 6) is 5.57. The second kappa shape index (κ2) is 5.87. The third-order valence-corrected chi connectivity index (χ3v) is 4.28. The number of sulfonamides is 1. The van der Waals surface area contributed by atoms with Crippen molar-refractivity contribution in [2.75, 3.05) is 6.54 Å². The van der Waals surface area contributed by atoms with Crippen LogP contribution in [-0.2, 0) is 10.0 Å². The van der Waals surface area contributed by atoms with Crippen LogP contribution >= 0.6 is 0 Å². The number of hydrogen-bond acceptors (Lipinski definition) is 2. The lowest BCUT2D eigenvalue weighted by atomic mass is 10.1. The largest absolute Gasteiger partial charge is 0.241 e. The lowest BCUT2D eigenvalue weighted by Gasteiger charge is -2.08. The molecule has 98 valence electrons. The van der Waals surface area contributed by atoms with Crippen molar-refractivity contribution in [2.45, 2.75) is 18.2 Å². The van der Waals surface area contributed by atoms with E-state index >= 15 is 0 Å². The van der Waals surface area contributed by atoms with Gasteiger partial charge in [-0.15, -0.1) is 11.8 Å². The van der Waals surface area contributed by atoms with Crippen molar-refractivity contribution in [2.24, 2.45) is 0 Å². The Morgan fingerprint density at radius 2 is 1.84 bits per heavy atom. The Kier molecular flexibility index (Phi) is 4.20. The van der Waals surface area contributed by atoms with E-state index in [9.17, 15) is 8.42 Å². The summed E-state index contributed by atoms with van der Waals surface area (Å²) >= 11 is 0. The molecule has 1 N–H and O–H groups in total. The predicted octanol–water partition coefficient (Wildman–Crippen LogP) is 2.53. The van der Waals surface area contributed by atoms with Gasteiger partial charge < -0.3 is 0 Å². The minimum Gasteiger partial charge on any atom is -0.210 e. The molecule has 0 aliphatic carbocycles. The highest BCUT2D eigenvalue weighted by atomic mass is 32.2. The van der Waals surface area contributed by atoms with Gasteiger partial charge in [0.15, 0.2) is 0 Å². The zero-order chi connectivity index (χ0) is 13.7. The molecule has 0 saturated heterocycles. The van der Waals surface area contributed by atoms with Crippen molar-refractivity contribution in [3.63, 3.8) is 0 Å². The Hall–Kier alpha value is -1.83. The third kappa shape index (κ3) is 3.14. The fourth-order valence-electron chi connectivity index (χ4n) is 1.88. The Labute approximate surface area is 113 Å². The molecule has 0 bridgehead atoms. The summed E-state index contributed by atoms with van der Waals surface area (Å²) < 4.78 is 27.1. The Bertz CT molecular complexity index is 734. The number of benzene rings is 2. The van der Waals surface area contributed by atoms with Crippen LogP contribution in [0.4, 0.5) is 0 Å². The molecule has 0 saturated carbocycles. The predicted molar refractivity (Wildman–Crippen MR) is 77.2 cm³/mol.